The lowest BCUT2D eigenvalue weighted by Gasteiger charge is -2.33. The second-order valence-electron chi connectivity index (χ2n) is 6.57. The smallest absolute Gasteiger partial charge is 0.0406 e. The number of hydrogen-bond acceptors (Lipinski definition) is 1. The van der Waals surface area contributed by atoms with Gasteiger partial charge in [-0.25, -0.2) is 0 Å². The predicted molar refractivity (Wildman–Crippen MR) is 88.2 cm³/mol. The van der Waals surface area contributed by atoms with Crippen molar-refractivity contribution in [3.05, 3.63) is 34.9 Å². The first-order valence-corrected chi connectivity index (χ1v) is 8.49. The lowest BCUT2D eigenvalue weighted by Crippen LogP contribution is -2.38. The van der Waals surface area contributed by atoms with Crippen molar-refractivity contribution < 1.29 is 0 Å². The lowest BCUT2D eigenvalue weighted by atomic mass is 9.83. The van der Waals surface area contributed by atoms with Crippen LogP contribution in [0.5, 0.6) is 0 Å². The Labute approximate surface area is 129 Å². The van der Waals surface area contributed by atoms with E-state index in [9.17, 15) is 0 Å². The van der Waals surface area contributed by atoms with E-state index in [-0.39, 0.29) is 0 Å². The molecule has 1 aromatic rings. The Bertz CT molecular complexity index is 390. The molecule has 1 aromatic carbocycles. The Morgan fingerprint density at radius 3 is 2.20 bits per heavy atom. The van der Waals surface area contributed by atoms with Crippen molar-refractivity contribution in [1.29, 1.82) is 0 Å². The molecule has 1 nitrogen and oxygen atoms in total. The van der Waals surface area contributed by atoms with Gasteiger partial charge in [-0.3, -0.25) is 0 Å². The minimum Gasteiger partial charge on any atom is -0.307 e. The van der Waals surface area contributed by atoms with E-state index in [0.717, 1.165) is 10.9 Å². The molecular formula is C18H28ClN. The van der Waals surface area contributed by atoms with Crippen molar-refractivity contribution in [2.45, 2.75) is 65.0 Å². The highest BCUT2D eigenvalue weighted by Gasteiger charge is 2.24. The molecule has 1 N–H and O–H groups in total. The average molecular weight is 294 g/mol. The monoisotopic (exact) mass is 293 g/mol. The normalized spacial score (nSPS) is 24.9. The van der Waals surface area contributed by atoms with E-state index in [1.54, 1.807) is 0 Å². The molecule has 20 heavy (non-hydrogen) atoms. The van der Waals surface area contributed by atoms with E-state index in [1.807, 2.05) is 12.1 Å². The molecule has 1 atom stereocenters. The molecule has 1 unspecified atom stereocenters. The van der Waals surface area contributed by atoms with Crippen molar-refractivity contribution in [2.24, 2.45) is 11.8 Å². The third-order valence-electron chi connectivity index (χ3n) is 4.74. The van der Waals surface area contributed by atoms with Crippen LogP contribution in [-0.2, 0) is 0 Å². The van der Waals surface area contributed by atoms with Crippen LogP contribution in [0.4, 0.5) is 0 Å². The largest absolute Gasteiger partial charge is 0.307 e. The molecule has 112 valence electrons. The Hall–Kier alpha value is -0.530. The second-order valence-corrected chi connectivity index (χ2v) is 7.00. The summed E-state index contributed by atoms with van der Waals surface area (Å²) in [6.07, 6.45) is 6.78. The summed E-state index contributed by atoms with van der Waals surface area (Å²) in [5, 5.41) is 4.71. The summed E-state index contributed by atoms with van der Waals surface area (Å²) < 4.78 is 0. The summed E-state index contributed by atoms with van der Waals surface area (Å²) in [5.41, 5.74) is 1.36. The Morgan fingerprint density at radius 2 is 1.70 bits per heavy atom. The van der Waals surface area contributed by atoms with Gasteiger partial charge in [0, 0.05) is 17.1 Å². The number of halogens is 1. The Kier molecular flexibility index (Phi) is 5.92. The van der Waals surface area contributed by atoms with Crippen LogP contribution < -0.4 is 5.32 Å². The molecule has 0 amide bonds. The third-order valence-corrected chi connectivity index (χ3v) is 4.99. The van der Waals surface area contributed by atoms with Crippen LogP contribution in [0.25, 0.3) is 0 Å². The first-order chi connectivity index (χ1) is 9.60. The molecule has 0 bridgehead atoms. The zero-order chi connectivity index (χ0) is 14.5. The molecule has 0 aliphatic heterocycles. The van der Waals surface area contributed by atoms with Crippen LogP contribution in [0.3, 0.4) is 0 Å². The maximum atomic E-state index is 6.00. The molecule has 0 radical (unpaired) electrons. The summed E-state index contributed by atoms with van der Waals surface area (Å²) in [7, 11) is 0. The first kappa shape index (κ1) is 15.9. The van der Waals surface area contributed by atoms with Gasteiger partial charge in [0.25, 0.3) is 0 Å². The number of benzene rings is 1. The SMILES string of the molecule is CCC1CCC(NC(c2ccc(Cl)cc2)C(C)C)CC1. The van der Waals surface area contributed by atoms with Crippen LogP contribution >= 0.6 is 11.6 Å². The molecule has 1 saturated carbocycles. The van der Waals surface area contributed by atoms with E-state index in [1.165, 1.54) is 37.7 Å². The standard InChI is InChI=1S/C18H28ClN/c1-4-14-5-11-17(12-6-14)20-18(13(2)3)15-7-9-16(19)10-8-15/h7-10,13-14,17-18,20H,4-6,11-12H2,1-3H3. The molecule has 0 aromatic heterocycles. The van der Waals surface area contributed by atoms with Crippen molar-refractivity contribution >= 4 is 11.6 Å². The highest BCUT2D eigenvalue weighted by Crippen LogP contribution is 2.30. The Morgan fingerprint density at radius 1 is 1.10 bits per heavy atom. The minimum absolute atomic E-state index is 0.440. The molecule has 2 rings (SSSR count). The molecule has 0 heterocycles. The van der Waals surface area contributed by atoms with E-state index in [4.69, 9.17) is 11.6 Å². The van der Waals surface area contributed by atoms with Crippen LogP contribution in [-0.4, -0.2) is 6.04 Å². The summed E-state index contributed by atoms with van der Waals surface area (Å²) in [5.74, 6) is 1.56. The highest BCUT2D eigenvalue weighted by atomic mass is 35.5. The van der Waals surface area contributed by atoms with Gasteiger partial charge >= 0.3 is 0 Å². The fourth-order valence-corrected chi connectivity index (χ4v) is 3.46. The van der Waals surface area contributed by atoms with Gasteiger partial charge in [0.1, 0.15) is 0 Å². The van der Waals surface area contributed by atoms with Gasteiger partial charge in [0.15, 0.2) is 0 Å². The topological polar surface area (TPSA) is 12.0 Å². The van der Waals surface area contributed by atoms with Gasteiger partial charge in [0.2, 0.25) is 0 Å². The third kappa shape index (κ3) is 4.23. The molecular weight excluding hydrogens is 266 g/mol. The maximum Gasteiger partial charge on any atom is 0.0406 e. The fraction of sp³-hybridized carbons (Fsp3) is 0.667. The van der Waals surface area contributed by atoms with E-state index in [0.29, 0.717) is 18.0 Å². The number of nitrogens with one attached hydrogen (secondary N) is 1. The van der Waals surface area contributed by atoms with E-state index < -0.39 is 0 Å². The number of hydrogen-bond donors (Lipinski definition) is 1. The maximum absolute atomic E-state index is 6.00. The van der Waals surface area contributed by atoms with Crippen LogP contribution in [0, 0.1) is 11.8 Å². The van der Waals surface area contributed by atoms with Crippen LogP contribution in [0.15, 0.2) is 24.3 Å². The summed E-state index contributed by atoms with van der Waals surface area (Å²) >= 11 is 6.00. The van der Waals surface area contributed by atoms with Gasteiger partial charge in [-0.05, 0) is 55.2 Å². The van der Waals surface area contributed by atoms with Crippen LogP contribution in [0.1, 0.15) is 64.5 Å². The molecule has 1 fully saturated rings. The van der Waals surface area contributed by atoms with Gasteiger partial charge in [-0.2, -0.15) is 0 Å². The van der Waals surface area contributed by atoms with Gasteiger partial charge in [-0.15, -0.1) is 0 Å². The van der Waals surface area contributed by atoms with E-state index >= 15 is 0 Å². The highest BCUT2D eigenvalue weighted by molar-refractivity contribution is 6.30. The first-order valence-electron chi connectivity index (χ1n) is 8.11. The van der Waals surface area contributed by atoms with Gasteiger partial charge in [0.05, 0.1) is 0 Å². The zero-order valence-corrected chi connectivity index (χ0v) is 13.8. The van der Waals surface area contributed by atoms with Gasteiger partial charge < -0.3 is 5.32 Å². The van der Waals surface area contributed by atoms with Crippen molar-refractivity contribution in [1.82, 2.24) is 5.32 Å². The molecule has 1 aliphatic carbocycles. The predicted octanol–water partition coefficient (Wildman–Crippen LogP) is 5.60. The molecule has 0 saturated heterocycles. The van der Waals surface area contributed by atoms with Crippen molar-refractivity contribution in [2.75, 3.05) is 0 Å². The molecule has 1 aliphatic rings. The fourth-order valence-electron chi connectivity index (χ4n) is 3.33. The van der Waals surface area contributed by atoms with Crippen molar-refractivity contribution in [3.8, 4) is 0 Å². The Balaban J connectivity index is 1.98. The van der Waals surface area contributed by atoms with Crippen molar-refractivity contribution in [3.63, 3.8) is 0 Å². The average Bonchev–Trinajstić information content (AvgIpc) is 2.46. The summed E-state index contributed by atoms with van der Waals surface area (Å²) in [6, 6.07) is 9.45. The zero-order valence-electron chi connectivity index (χ0n) is 13.0. The summed E-state index contributed by atoms with van der Waals surface area (Å²) in [6.45, 7) is 6.91. The quantitative estimate of drug-likeness (QED) is 0.745. The van der Waals surface area contributed by atoms with Crippen LogP contribution in [0.2, 0.25) is 5.02 Å². The summed E-state index contributed by atoms with van der Waals surface area (Å²) in [4.78, 5) is 0. The van der Waals surface area contributed by atoms with Gasteiger partial charge in [-0.1, -0.05) is 50.9 Å². The lowest BCUT2D eigenvalue weighted by molar-refractivity contribution is 0.251. The van der Waals surface area contributed by atoms with E-state index in [2.05, 4.69) is 38.2 Å². The molecule has 0 spiro atoms. The minimum atomic E-state index is 0.440. The number of rotatable bonds is 5. The molecule has 2 heteroatoms. The second kappa shape index (κ2) is 7.47.